The minimum atomic E-state index is -2.94. The van der Waals surface area contributed by atoms with E-state index < -0.39 is 9.84 Å². The fourth-order valence-electron chi connectivity index (χ4n) is 3.25. The zero-order chi connectivity index (χ0) is 18.6. The van der Waals surface area contributed by atoms with Crippen LogP contribution in [-0.4, -0.2) is 30.0 Å². The minimum Gasteiger partial charge on any atom is -0.328 e. The van der Waals surface area contributed by atoms with Gasteiger partial charge in [0.25, 0.3) is 0 Å². The molecule has 0 N–H and O–H groups in total. The molecule has 0 fully saturated rings. The molecule has 3 aromatic rings. The van der Waals surface area contributed by atoms with Gasteiger partial charge in [-0.15, -0.1) is 0 Å². The van der Waals surface area contributed by atoms with Crippen molar-refractivity contribution >= 4 is 20.9 Å². The molecule has 2 aromatic carbocycles. The largest absolute Gasteiger partial charge is 0.328 e. The molecule has 0 bridgehead atoms. The minimum absolute atomic E-state index is 0.206. The van der Waals surface area contributed by atoms with Gasteiger partial charge in [0.05, 0.1) is 16.8 Å². The van der Waals surface area contributed by atoms with Gasteiger partial charge in [-0.2, -0.15) is 0 Å². The molecule has 0 atom stereocenters. The van der Waals surface area contributed by atoms with Crippen molar-refractivity contribution in [2.24, 2.45) is 0 Å². The number of aryl methyl sites for hydroxylation is 4. The van der Waals surface area contributed by atoms with Gasteiger partial charge in [0.15, 0.2) is 0 Å². The Hall–Kier alpha value is -2.14. The molecular formula is C21H26N2O2S. The highest BCUT2D eigenvalue weighted by atomic mass is 32.2. The molecule has 1 aromatic heterocycles. The first-order valence-electron chi connectivity index (χ1n) is 9.16. The van der Waals surface area contributed by atoms with Crippen LogP contribution >= 0.6 is 0 Å². The quantitative estimate of drug-likeness (QED) is 0.606. The molecule has 26 heavy (non-hydrogen) atoms. The van der Waals surface area contributed by atoms with Gasteiger partial charge in [0.1, 0.15) is 15.7 Å². The third-order valence-corrected chi connectivity index (χ3v) is 5.73. The first-order valence-corrected chi connectivity index (χ1v) is 11.2. The molecule has 0 saturated carbocycles. The van der Waals surface area contributed by atoms with Crippen LogP contribution < -0.4 is 0 Å². The van der Waals surface area contributed by atoms with Crippen LogP contribution in [0.1, 0.15) is 30.3 Å². The van der Waals surface area contributed by atoms with Crippen LogP contribution in [0.3, 0.4) is 0 Å². The van der Waals surface area contributed by atoms with Crippen LogP contribution in [0.4, 0.5) is 0 Å². The van der Waals surface area contributed by atoms with E-state index in [1.807, 2.05) is 18.2 Å². The van der Waals surface area contributed by atoms with Gasteiger partial charge in [-0.05, 0) is 42.5 Å². The highest BCUT2D eigenvalue weighted by molar-refractivity contribution is 7.90. The van der Waals surface area contributed by atoms with E-state index in [2.05, 4.69) is 41.8 Å². The second-order valence-corrected chi connectivity index (χ2v) is 9.08. The van der Waals surface area contributed by atoms with E-state index in [1.165, 1.54) is 17.4 Å². The number of imidazole rings is 1. The summed E-state index contributed by atoms with van der Waals surface area (Å²) < 4.78 is 25.1. The van der Waals surface area contributed by atoms with Gasteiger partial charge < -0.3 is 4.57 Å². The van der Waals surface area contributed by atoms with Crippen molar-refractivity contribution in [3.63, 3.8) is 0 Å². The van der Waals surface area contributed by atoms with Crippen LogP contribution in [0.2, 0.25) is 0 Å². The van der Waals surface area contributed by atoms with Crippen molar-refractivity contribution in [3.05, 3.63) is 65.5 Å². The summed E-state index contributed by atoms with van der Waals surface area (Å²) in [6, 6.07) is 16.8. The van der Waals surface area contributed by atoms with E-state index in [0.29, 0.717) is 13.0 Å². The Morgan fingerprint density at radius 1 is 0.962 bits per heavy atom. The number of aromatic nitrogens is 2. The van der Waals surface area contributed by atoms with Crippen LogP contribution in [0.25, 0.3) is 11.0 Å². The van der Waals surface area contributed by atoms with Crippen molar-refractivity contribution in [1.82, 2.24) is 9.55 Å². The molecule has 1 heterocycles. The first kappa shape index (κ1) is 18.6. The van der Waals surface area contributed by atoms with E-state index in [4.69, 9.17) is 4.98 Å². The summed E-state index contributed by atoms with van der Waals surface area (Å²) in [5, 5.41) is 0. The Bertz CT molecular complexity index is 973. The summed E-state index contributed by atoms with van der Waals surface area (Å²) in [7, 11) is -2.94. The number of para-hydroxylation sites is 2. The highest BCUT2D eigenvalue weighted by Gasteiger charge is 2.11. The van der Waals surface area contributed by atoms with E-state index in [1.54, 1.807) is 0 Å². The molecule has 0 saturated heterocycles. The summed E-state index contributed by atoms with van der Waals surface area (Å²) in [6.07, 6.45) is 4.73. The summed E-state index contributed by atoms with van der Waals surface area (Å²) >= 11 is 0. The number of hydrogen-bond acceptors (Lipinski definition) is 3. The lowest BCUT2D eigenvalue weighted by atomic mass is 10.1. The van der Waals surface area contributed by atoms with Gasteiger partial charge in [0.2, 0.25) is 0 Å². The van der Waals surface area contributed by atoms with Gasteiger partial charge in [-0.25, -0.2) is 13.4 Å². The fraction of sp³-hybridized carbons (Fsp3) is 0.381. The van der Waals surface area contributed by atoms with Crippen LogP contribution in [-0.2, 0) is 35.6 Å². The smallest absolute Gasteiger partial charge is 0.147 e. The summed E-state index contributed by atoms with van der Waals surface area (Å²) in [5.74, 6) is 1.23. The predicted molar refractivity (Wildman–Crippen MR) is 107 cm³/mol. The average molecular weight is 371 g/mol. The lowest BCUT2D eigenvalue weighted by molar-refractivity contribution is 0.589. The molecule has 0 aliphatic rings. The number of hydrogen-bond donors (Lipinski definition) is 0. The van der Waals surface area contributed by atoms with Crippen molar-refractivity contribution < 1.29 is 8.42 Å². The normalized spacial score (nSPS) is 11.9. The zero-order valence-corrected chi connectivity index (χ0v) is 16.3. The van der Waals surface area contributed by atoms with E-state index >= 15 is 0 Å². The van der Waals surface area contributed by atoms with E-state index in [0.717, 1.165) is 36.1 Å². The van der Waals surface area contributed by atoms with Crippen LogP contribution in [0.15, 0.2) is 48.5 Å². The van der Waals surface area contributed by atoms with Gasteiger partial charge >= 0.3 is 0 Å². The number of fused-ring (bicyclic) bond motifs is 1. The molecule has 0 aliphatic heterocycles. The molecule has 0 spiro atoms. The monoisotopic (exact) mass is 370 g/mol. The third kappa shape index (κ3) is 4.73. The summed E-state index contributed by atoms with van der Waals surface area (Å²) in [5.41, 5.74) is 4.71. The average Bonchev–Trinajstić information content (AvgIpc) is 2.97. The number of rotatable bonds is 8. The number of benzene rings is 2. The van der Waals surface area contributed by atoms with Crippen molar-refractivity contribution in [2.75, 3.05) is 12.0 Å². The maximum absolute atomic E-state index is 11.4. The Kier molecular flexibility index (Phi) is 5.77. The molecule has 0 amide bonds. The first-order chi connectivity index (χ1) is 12.5. The second kappa shape index (κ2) is 8.04. The summed E-state index contributed by atoms with van der Waals surface area (Å²) in [4.78, 5) is 4.79. The lowest BCUT2D eigenvalue weighted by Gasteiger charge is -2.09. The van der Waals surface area contributed by atoms with Crippen LogP contribution in [0, 0.1) is 0 Å². The standard InChI is InChI=1S/C21H26N2O2S/c1-3-17-9-11-18(12-10-17)13-14-21-22-19-7-4-5-8-20(19)23(21)15-6-16-26(2,24)25/h4-5,7-12H,3,6,13-16H2,1-2H3. The van der Waals surface area contributed by atoms with Crippen molar-refractivity contribution in [2.45, 2.75) is 39.2 Å². The Labute approximate surface area is 155 Å². The maximum Gasteiger partial charge on any atom is 0.147 e. The van der Waals surface area contributed by atoms with Gasteiger partial charge in [0, 0.05) is 19.2 Å². The molecule has 0 aliphatic carbocycles. The van der Waals surface area contributed by atoms with Crippen molar-refractivity contribution in [3.8, 4) is 0 Å². The Balaban J connectivity index is 1.78. The van der Waals surface area contributed by atoms with Crippen LogP contribution in [0.5, 0.6) is 0 Å². The van der Waals surface area contributed by atoms with Gasteiger partial charge in [-0.1, -0.05) is 43.3 Å². The van der Waals surface area contributed by atoms with E-state index in [9.17, 15) is 8.42 Å². The topological polar surface area (TPSA) is 52.0 Å². The molecule has 4 nitrogen and oxygen atoms in total. The number of nitrogens with zero attached hydrogens (tertiary/aromatic N) is 2. The number of sulfone groups is 1. The molecule has 5 heteroatoms. The maximum atomic E-state index is 11.4. The SMILES string of the molecule is CCc1ccc(CCc2nc3ccccc3n2CCCS(C)(=O)=O)cc1. The lowest BCUT2D eigenvalue weighted by Crippen LogP contribution is -2.10. The highest BCUT2D eigenvalue weighted by Crippen LogP contribution is 2.18. The molecule has 0 unspecified atom stereocenters. The van der Waals surface area contributed by atoms with Crippen molar-refractivity contribution in [1.29, 1.82) is 0 Å². The Morgan fingerprint density at radius 3 is 2.35 bits per heavy atom. The van der Waals surface area contributed by atoms with Gasteiger partial charge in [-0.3, -0.25) is 0 Å². The fourth-order valence-corrected chi connectivity index (χ4v) is 3.90. The summed E-state index contributed by atoms with van der Waals surface area (Å²) in [6.45, 7) is 2.84. The Morgan fingerprint density at radius 2 is 1.65 bits per heavy atom. The molecular weight excluding hydrogens is 344 g/mol. The predicted octanol–water partition coefficient (Wildman–Crippen LogP) is 3.82. The zero-order valence-electron chi connectivity index (χ0n) is 15.5. The molecule has 0 radical (unpaired) electrons. The van der Waals surface area contributed by atoms with E-state index in [-0.39, 0.29) is 5.75 Å². The third-order valence-electron chi connectivity index (χ3n) is 4.70. The second-order valence-electron chi connectivity index (χ2n) is 6.82. The molecule has 3 rings (SSSR count). The molecule has 138 valence electrons.